The average Bonchev–Trinajstić information content (AvgIpc) is 3.54. The summed E-state index contributed by atoms with van der Waals surface area (Å²) in [6.07, 6.45) is 8.82. The number of tetrazole rings is 1. The van der Waals surface area contributed by atoms with Crippen LogP contribution in [0.15, 0.2) is 53.0 Å². The SMILES string of the molecule is CCCc1cnc(N2CCC(C3=NC(COc4ccc(-n5cnnn5)c(F)c4)=CS3=O)CC2)nc1. The van der Waals surface area contributed by atoms with Gasteiger partial charge in [0, 0.05) is 42.9 Å². The lowest BCUT2D eigenvalue weighted by Crippen LogP contribution is -2.37. The van der Waals surface area contributed by atoms with Crippen molar-refractivity contribution in [3.63, 3.8) is 0 Å². The van der Waals surface area contributed by atoms with E-state index >= 15 is 0 Å². The van der Waals surface area contributed by atoms with Gasteiger partial charge in [0.05, 0.1) is 16.5 Å². The zero-order valence-corrected chi connectivity index (χ0v) is 20.1. The van der Waals surface area contributed by atoms with Gasteiger partial charge in [0.1, 0.15) is 29.4 Å². The molecule has 1 unspecified atom stereocenters. The first-order valence-electron chi connectivity index (χ1n) is 11.5. The van der Waals surface area contributed by atoms with Gasteiger partial charge in [0.15, 0.2) is 5.82 Å². The van der Waals surface area contributed by atoms with Crippen molar-refractivity contribution >= 4 is 21.8 Å². The molecule has 1 atom stereocenters. The molecule has 0 radical (unpaired) electrons. The molecule has 10 nitrogen and oxygen atoms in total. The molecule has 1 aromatic carbocycles. The second-order valence-electron chi connectivity index (χ2n) is 8.42. The van der Waals surface area contributed by atoms with E-state index in [1.165, 1.54) is 23.1 Å². The highest BCUT2D eigenvalue weighted by Crippen LogP contribution is 2.27. The summed E-state index contributed by atoms with van der Waals surface area (Å²) in [5.41, 5.74) is 1.95. The third kappa shape index (κ3) is 5.26. The van der Waals surface area contributed by atoms with Crippen LogP contribution < -0.4 is 9.64 Å². The Kier molecular flexibility index (Phi) is 6.89. The lowest BCUT2D eigenvalue weighted by atomic mass is 9.98. The summed E-state index contributed by atoms with van der Waals surface area (Å²) in [7, 11) is -1.28. The van der Waals surface area contributed by atoms with Gasteiger partial charge in [-0.2, -0.15) is 4.68 Å². The fourth-order valence-corrected chi connectivity index (χ4v) is 5.43. The highest BCUT2D eigenvalue weighted by Gasteiger charge is 2.30. The fraction of sp³-hybridized carbons (Fsp3) is 0.391. The van der Waals surface area contributed by atoms with Gasteiger partial charge in [-0.1, -0.05) is 13.3 Å². The van der Waals surface area contributed by atoms with Crippen molar-refractivity contribution in [2.75, 3.05) is 24.6 Å². The quantitative estimate of drug-likeness (QED) is 0.468. The van der Waals surface area contributed by atoms with E-state index in [4.69, 9.17) is 4.74 Å². The first-order valence-corrected chi connectivity index (χ1v) is 12.7. The predicted molar refractivity (Wildman–Crippen MR) is 129 cm³/mol. The summed E-state index contributed by atoms with van der Waals surface area (Å²) in [6, 6.07) is 4.43. The van der Waals surface area contributed by atoms with Gasteiger partial charge in [-0.05, 0) is 47.4 Å². The second kappa shape index (κ2) is 10.4. The van der Waals surface area contributed by atoms with E-state index in [-0.39, 0.29) is 18.2 Å². The van der Waals surface area contributed by atoms with E-state index in [1.807, 2.05) is 12.4 Å². The average molecular weight is 497 g/mol. The van der Waals surface area contributed by atoms with Crippen LogP contribution >= 0.6 is 0 Å². The van der Waals surface area contributed by atoms with Gasteiger partial charge < -0.3 is 9.64 Å². The normalized spacial score (nSPS) is 18.5. The molecule has 0 N–H and O–H groups in total. The Balaban J connectivity index is 1.16. The number of ether oxygens (including phenoxy) is 1. The molecule has 2 aromatic heterocycles. The number of aromatic nitrogens is 6. The number of benzene rings is 1. The molecule has 0 spiro atoms. The largest absolute Gasteiger partial charge is 0.487 e. The smallest absolute Gasteiger partial charge is 0.225 e. The molecule has 5 rings (SSSR count). The maximum Gasteiger partial charge on any atom is 0.225 e. The number of hydrogen-bond donors (Lipinski definition) is 0. The van der Waals surface area contributed by atoms with E-state index in [2.05, 4.69) is 42.3 Å². The summed E-state index contributed by atoms with van der Waals surface area (Å²) in [5.74, 6) is 0.697. The highest BCUT2D eigenvalue weighted by atomic mass is 32.2. The zero-order chi connectivity index (χ0) is 24.2. The lowest BCUT2D eigenvalue weighted by molar-refractivity contribution is 0.349. The summed E-state index contributed by atoms with van der Waals surface area (Å²) in [4.78, 5) is 15.8. The second-order valence-corrected chi connectivity index (χ2v) is 9.66. The van der Waals surface area contributed by atoms with Crippen molar-refractivity contribution in [2.45, 2.75) is 32.6 Å². The molecule has 1 saturated heterocycles. The predicted octanol–water partition coefficient (Wildman–Crippen LogP) is 2.84. The van der Waals surface area contributed by atoms with Crippen molar-refractivity contribution in [3.8, 4) is 11.4 Å². The number of halogens is 1. The van der Waals surface area contributed by atoms with E-state index in [9.17, 15) is 8.60 Å². The first kappa shape index (κ1) is 23.2. The lowest BCUT2D eigenvalue weighted by Gasteiger charge is -2.31. The summed E-state index contributed by atoms with van der Waals surface area (Å²) >= 11 is 0. The minimum Gasteiger partial charge on any atom is -0.487 e. The Bertz CT molecular complexity index is 1260. The molecule has 2 aliphatic rings. The minimum absolute atomic E-state index is 0.107. The monoisotopic (exact) mass is 496 g/mol. The van der Waals surface area contributed by atoms with Crippen molar-refractivity contribution in [3.05, 3.63) is 59.4 Å². The van der Waals surface area contributed by atoms with E-state index in [0.29, 0.717) is 16.5 Å². The fourth-order valence-electron chi connectivity index (χ4n) is 4.17. The van der Waals surface area contributed by atoms with Gasteiger partial charge in [0.2, 0.25) is 5.95 Å². The number of hydrogen-bond acceptors (Lipinski definition) is 9. The molecular weight excluding hydrogens is 471 g/mol. The van der Waals surface area contributed by atoms with Crippen LogP contribution in [-0.2, 0) is 17.2 Å². The Morgan fingerprint density at radius 1 is 1.20 bits per heavy atom. The topological polar surface area (TPSA) is 111 Å². The third-order valence-corrected chi connectivity index (χ3v) is 7.29. The number of anilines is 1. The molecule has 1 fully saturated rings. The standard InChI is InChI=1S/C23H25FN8O2S/c1-2-3-16-11-25-23(26-12-16)31-8-6-17(7-9-31)22-28-18(14-35(22)33)13-34-19-4-5-21(20(24)10-19)32-15-27-29-30-32/h4-5,10-12,14-15,17H,2-3,6-9,13H2,1H3. The molecule has 3 aromatic rings. The molecule has 0 bridgehead atoms. The molecule has 0 amide bonds. The molecule has 4 heterocycles. The van der Waals surface area contributed by atoms with Crippen molar-refractivity contribution in [1.29, 1.82) is 0 Å². The summed E-state index contributed by atoms with van der Waals surface area (Å²) in [6.45, 7) is 3.81. The first-order chi connectivity index (χ1) is 17.1. The van der Waals surface area contributed by atoms with Gasteiger partial charge in [-0.15, -0.1) is 5.10 Å². The molecule has 35 heavy (non-hydrogen) atoms. The maximum absolute atomic E-state index is 14.4. The van der Waals surface area contributed by atoms with Crippen LogP contribution in [0, 0.1) is 11.7 Å². The van der Waals surface area contributed by atoms with Gasteiger partial charge in [-0.25, -0.2) is 23.6 Å². The van der Waals surface area contributed by atoms with E-state index < -0.39 is 16.6 Å². The number of aryl methyl sites for hydroxylation is 1. The Morgan fingerprint density at radius 2 is 2.00 bits per heavy atom. The van der Waals surface area contributed by atoms with Crippen LogP contribution in [0.25, 0.3) is 5.69 Å². The van der Waals surface area contributed by atoms with Crippen LogP contribution in [0.1, 0.15) is 31.7 Å². The van der Waals surface area contributed by atoms with Gasteiger partial charge >= 0.3 is 0 Å². The zero-order valence-electron chi connectivity index (χ0n) is 19.2. The van der Waals surface area contributed by atoms with Crippen LogP contribution in [-0.4, -0.2) is 59.1 Å². The summed E-state index contributed by atoms with van der Waals surface area (Å²) < 4.78 is 34.0. The van der Waals surface area contributed by atoms with Crippen LogP contribution in [0.2, 0.25) is 0 Å². The van der Waals surface area contributed by atoms with Crippen LogP contribution in [0.3, 0.4) is 0 Å². The van der Waals surface area contributed by atoms with Crippen molar-refractivity contribution in [1.82, 2.24) is 30.2 Å². The Hall–Kier alpha value is -3.54. The van der Waals surface area contributed by atoms with Crippen molar-refractivity contribution in [2.24, 2.45) is 10.9 Å². The molecule has 0 saturated carbocycles. The number of piperidine rings is 1. The highest BCUT2D eigenvalue weighted by molar-refractivity contribution is 8.03. The third-order valence-electron chi connectivity index (χ3n) is 5.96. The Morgan fingerprint density at radius 3 is 2.69 bits per heavy atom. The van der Waals surface area contributed by atoms with Crippen molar-refractivity contribution < 1.29 is 13.3 Å². The van der Waals surface area contributed by atoms with Crippen LogP contribution in [0.5, 0.6) is 5.75 Å². The minimum atomic E-state index is -1.28. The van der Waals surface area contributed by atoms with E-state index in [0.717, 1.165) is 50.3 Å². The van der Waals surface area contributed by atoms with E-state index in [1.54, 1.807) is 11.5 Å². The number of rotatable bonds is 8. The molecule has 0 aliphatic carbocycles. The maximum atomic E-state index is 14.4. The molecule has 182 valence electrons. The molecular formula is C23H25FN8O2S. The Labute approximate surface area is 204 Å². The number of aliphatic imine (C=N–C) groups is 1. The van der Waals surface area contributed by atoms with Crippen LogP contribution in [0.4, 0.5) is 10.3 Å². The van der Waals surface area contributed by atoms with Gasteiger partial charge in [-0.3, -0.25) is 0 Å². The number of nitrogens with zero attached hydrogens (tertiary/aromatic N) is 8. The summed E-state index contributed by atoms with van der Waals surface area (Å²) in [5, 5.41) is 13.0. The molecule has 12 heteroatoms. The van der Waals surface area contributed by atoms with Gasteiger partial charge in [0.25, 0.3) is 0 Å². The molecule has 2 aliphatic heterocycles.